The van der Waals surface area contributed by atoms with Crippen molar-refractivity contribution in [2.45, 2.75) is 13.3 Å². The van der Waals surface area contributed by atoms with Gasteiger partial charge in [0.15, 0.2) is 0 Å². The van der Waals surface area contributed by atoms with Gasteiger partial charge < -0.3 is 9.47 Å². The molecule has 0 bridgehead atoms. The molecule has 1 amide bonds. The van der Waals surface area contributed by atoms with Crippen LogP contribution in [0.4, 0.5) is 0 Å². The number of amides is 1. The molecule has 0 aliphatic rings. The first-order chi connectivity index (χ1) is 8.04. The van der Waals surface area contributed by atoms with Crippen molar-refractivity contribution in [2.24, 2.45) is 7.05 Å². The van der Waals surface area contributed by atoms with Crippen LogP contribution in [0.25, 0.3) is 10.2 Å². The quantitative estimate of drug-likeness (QED) is 0.839. The summed E-state index contributed by atoms with van der Waals surface area (Å²) >= 11 is 7.45. The van der Waals surface area contributed by atoms with Crippen molar-refractivity contribution >= 4 is 39.1 Å². The number of aromatic nitrogens is 1. The predicted octanol–water partition coefficient (Wildman–Crippen LogP) is 3.38. The second-order valence-corrected chi connectivity index (χ2v) is 5.83. The van der Waals surface area contributed by atoms with Crippen molar-refractivity contribution in [3.8, 4) is 0 Å². The Labute approximate surface area is 110 Å². The van der Waals surface area contributed by atoms with Crippen molar-refractivity contribution < 1.29 is 4.79 Å². The predicted molar refractivity (Wildman–Crippen MR) is 73.1 cm³/mol. The van der Waals surface area contributed by atoms with E-state index in [0.717, 1.165) is 33.2 Å². The zero-order chi connectivity index (χ0) is 12.6. The summed E-state index contributed by atoms with van der Waals surface area (Å²) in [6.07, 6.45) is 0.965. The van der Waals surface area contributed by atoms with Gasteiger partial charge in [-0.1, -0.05) is 18.5 Å². The SMILES string of the molecule is CCCN(C)C(=O)c1cc2sc(Cl)cc2n1C. The summed E-state index contributed by atoms with van der Waals surface area (Å²) in [7, 11) is 3.73. The topological polar surface area (TPSA) is 25.2 Å². The number of rotatable bonds is 3. The van der Waals surface area contributed by atoms with Crippen molar-refractivity contribution in [1.29, 1.82) is 0 Å². The highest BCUT2D eigenvalue weighted by Gasteiger charge is 2.17. The second kappa shape index (κ2) is 4.70. The number of hydrogen-bond acceptors (Lipinski definition) is 2. The van der Waals surface area contributed by atoms with E-state index in [-0.39, 0.29) is 5.91 Å². The van der Waals surface area contributed by atoms with Gasteiger partial charge >= 0.3 is 0 Å². The highest BCUT2D eigenvalue weighted by atomic mass is 35.5. The monoisotopic (exact) mass is 270 g/mol. The Morgan fingerprint density at radius 1 is 1.53 bits per heavy atom. The Bertz CT molecular complexity index is 558. The average Bonchev–Trinajstić information content (AvgIpc) is 2.77. The van der Waals surface area contributed by atoms with E-state index in [0.29, 0.717) is 0 Å². The standard InChI is InChI=1S/C12H15ClN2OS/c1-4-5-14(2)12(16)9-6-10-8(15(9)3)7-11(13)17-10/h6-7H,4-5H2,1-3H3. The van der Waals surface area contributed by atoms with Crippen molar-refractivity contribution in [3.05, 3.63) is 22.2 Å². The third kappa shape index (κ3) is 2.19. The minimum absolute atomic E-state index is 0.0638. The number of aryl methyl sites for hydroxylation is 1. The molecule has 2 heterocycles. The molecule has 0 saturated heterocycles. The Hall–Kier alpha value is -1.00. The molecule has 5 heteroatoms. The Morgan fingerprint density at radius 2 is 2.24 bits per heavy atom. The molecule has 2 aromatic heterocycles. The first-order valence-corrected chi connectivity index (χ1v) is 6.74. The zero-order valence-electron chi connectivity index (χ0n) is 10.2. The van der Waals surface area contributed by atoms with Gasteiger partial charge in [0.2, 0.25) is 0 Å². The third-order valence-corrected chi connectivity index (χ3v) is 4.03. The third-order valence-electron chi connectivity index (χ3n) is 2.83. The molecule has 0 N–H and O–H groups in total. The van der Waals surface area contributed by atoms with E-state index in [9.17, 15) is 4.79 Å². The van der Waals surface area contributed by atoms with Gasteiger partial charge in [-0.15, -0.1) is 11.3 Å². The summed E-state index contributed by atoms with van der Waals surface area (Å²) in [5.74, 6) is 0.0638. The number of hydrogen-bond donors (Lipinski definition) is 0. The first-order valence-electron chi connectivity index (χ1n) is 5.54. The van der Waals surface area contributed by atoms with Crippen LogP contribution in [0.5, 0.6) is 0 Å². The first kappa shape index (κ1) is 12.5. The normalized spacial score (nSPS) is 11.1. The molecule has 0 fully saturated rings. The molecule has 0 aliphatic carbocycles. The minimum atomic E-state index is 0.0638. The van der Waals surface area contributed by atoms with E-state index in [1.165, 1.54) is 11.3 Å². The van der Waals surface area contributed by atoms with Gasteiger partial charge in [0, 0.05) is 20.6 Å². The summed E-state index contributed by atoms with van der Waals surface area (Å²) in [5, 5.41) is 0. The van der Waals surface area contributed by atoms with E-state index in [2.05, 4.69) is 6.92 Å². The van der Waals surface area contributed by atoms with E-state index < -0.39 is 0 Å². The molecule has 0 saturated carbocycles. The fourth-order valence-electron chi connectivity index (χ4n) is 1.92. The molecule has 2 rings (SSSR count). The fourth-order valence-corrected chi connectivity index (χ4v) is 3.12. The van der Waals surface area contributed by atoms with Crippen LogP contribution in [0.3, 0.4) is 0 Å². The molecule has 0 radical (unpaired) electrons. The maximum Gasteiger partial charge on any atom is 0.270 e. The molecule has 92 valence electrons. The smallest absolute Gasteiger partial charge is 0.270 e. The van der Waals surface area contributed by atoms with Crippen LogP contribution in [0.15, 0.2) is 12.1 Å². The van der Waals surface area contributed by atoms with E-state index >= 15 is 0 Å². The number of thiophene rings is 1. The molecule has 0 atom stereocenters. The van der Waals surface area contributed by atoms with Gasteiger partial charge in [-0.2, -0.15) is 0 Å². The highest BCUT2D eigenvalue weighted by Crippen LogP contribution is 2.31. The molecule has 0 spiro atoms. The van der Waals surface area contributed by atoms with Crippen LogP contribution in [0, 0.1) is 0 Å². The molecular formula is C12H15ClN2OS. The number of nitrogens with zero attached hydrogens (tertiary/aromatic N) is 2. The van der Waals surface area contributed by atoms with Crippen molar-refractivity contribution in [3.63, 3.8) is 0 Å². The van der Waals surface area contributed by atoms with Gasteiger partial charge in [0.05, 0.1) is 14.6 Å². The lowest BCUT2D eigenvalue weighted by molar-refractivity contribution is 0.0786. The molecule has 0 unspecified atom stereocenters. The molecular weight excluding hydrogens is 256 g/mol. The maximum atomic E-state index is 12.2. The van der Waals surface area contributed by atoms with Gasteiger partial charge in [0.1, 0.15) is 5.69 Å². The lowest BCUT2D eigenvalue weighted by atomic mass is 10.3. The van der Waals surface area contributed by atoms with Crippen molar-refractivity contribution in [2.75, 3.05) is 13.6 Å². The summed E-state index contributed by atoms with van der Waals surface area (Å²) in [5.41, 5.74) is 1.74. The highest BCUT2D eigenvalue weighted by molar-refractivity contribution is 7.22. The van der Waals surface area contributed by atoms with Crippen LogP contribution in [0.2, 0.25) is 4.34 Å². The molecule has 3 nitrogen and oxygen atoms in total. The fraction of sp³-hybridized carbons (Fsp3) is 0.417. The van der Waals surface area contributed by atoms with Crippen LogP contribution >= 0.6 is 22.9 Å². The molecule has 2 aromatic rings. The van der Waals surface area contributed by atoms with Crippen molar-refractivity contribution in [1.82, 2.24) is 9.47 Å². The lowest BCUT2D eigenvalue weighted by Crippen LogP contribution is -2.28. The minimum Gasteiger partial charge on any atom is -0.340 e. The van der Waals surface area contributed by atoms with E-state index in [4.69, 9.17) is 11.6 Å². The molecule has 0 aromatic carbocycles. The van der Waals surface area contributed by atoms with Gasteiger partial charge in [-0.05, 0) is 18.6 Å². The summed E-state index contributed by atoms with van der Waals surface area (Å²) in [6.45, 7) is 2.84. The van der Waals surface area contributed by atoms with Gasteiger partial charge in [-0.3, -0.25) is 4.79 Å². The van der Waals surface area contributed by atoms with E-state index in [1.807, 2.05) is 30.8 Å². The van der Waals surface area contributed by atoms with E-state index in [1.54, 1.807) is 4.90 Å². The lowest BCUT2D eigenvalue weighted by Gasteiger charge is -2.16. The zero-order valence-corrected chi connectivity index (χ0v) is 11.7. The van der Waals surface area contributed by atoms with Crippen LogP contribution in [-0.4, -0.2) is 29.0 Å². The Morgan fingerprint density at radius 3 is 2.82 bits per heavy atom. The second-order valence-electron chi connectivity index (χ2n) is 4.12. The number of halogens is 1. The Balaban J connectivity index is 2.38. The van der Waals surface area contributed by atoms with Crippen LogP contribution in [0.1, 0.15) is 23.8 Å². The Kier molecular flexibility index (Phi) is 3.45. The number of carbonyl (C=O) groups is 1. The van der Waals surface area contributed by atoms with Crippen LogP contribution in [-0.2, 0) is 7.05 Å². The molecule has 17 heavy (non-hydrogen) atoms. The molecule has 0 aliphatic heterocycles. The number of fused-ring (bicyclic) bond motifs is 1. The summed E-state index contributed by atoms with van der Waals surface area (Å²) in [4.78, 5) is 13.9. The summed E-state index contributed by atoms with van der Waals surface area (Å²) in [6, 6.07) is 3.82. The maximum absolute atomic E-state index is 12.2. The largest absolute Gasteiger partial charge is 0.340 e. The number of carbonyl (C=O) groups excluding carboxylic acids is 1. The summed E-state index contributed by atoms with van der Waals surface area (Å²) < 4.78 is 3.73. The van der Waals surface area contributed by atoms with Gasteiger partial charge in [-0.25, -0.2) is 0 Å². The average molecular weight is 271 g/mol. The van der Waals surface area contributed by atoms with Gasteiger partial charge in [0.25, 0.3) is 5.91 Å². The van der Waals surface area contributed by atoms with Crippen LogP contribution < -0.4 is 0 Å².